The lowest BCUT2D eigenvalue weighted by atomic mass is 10.1. The van der Waals surface area contributed by atoms with Gasteiger partial charge >= 0.3 is 0 Å². The highest BCUT2D eigenvalue weighted by atomic mass is 16.1. The number of carbonyl (C=O) groups excluding carboxylic acids is 1. The minimum Gasteiger partial charge on any atom is -0.397 e. The van der Waals surface area contributed by atoms with Gasteiger partial charge in [-0.25, -0.2) is 0 Å². The molecule has 5 heteroatoms. The summed E-state index contributed by atoms with van der Waals surface area (Å²) in [7, 11) is 0. The number of rotatable bonds is 4. The van der Waals surface area contributed by atoms with Crippen molar-refractivity contribution in [1.29, 1.82) is 0 Å². The predicted octanol–water partition coefficient (Wildman–Crippen LogP) is 3.05. The molecule has 0 aromatic heterocycles. The molecule has 0 saturated carbocycles. The normalized spacial score (nSPS) is 15.4. The number of carbonyl (C=O) groups is 1. The van der Waals surface area contributed by atoms with Gasteiger partial charge in [0.05, 0.1) is 11.4 Å². The number of hydrogen-bond acceptors (Lipinski definition) is 4. The van der Waals surface area contributed by atoms with Crippen LogP contribution in [-0.4, -0.2) is 43.0 Å². The molecule has 1 amide bonds. The lowest BCUT2D eigenvalue weighted by Crippen LogP contribution is -2.48. The number of para-hydroxylation sites is 2. The Morgan fingerprint density at radius 2 is 1.64 bits per heavy atom. The van der Waals surface area contributed by atoms with E-state index in [0.29, 0.717) is 23.0 Å². The Morgan fingerprint density at radius 1 is 1.00 bits per heavy atom. The van der Waals surface area contributed by atoms with Crippen LogP contribution in [0.4, 0.5) is 17.1 Å². The number of amides is 1. The molecule has 2 aromatic rings. The van der Waals surface area contributed by atoms with Crippen LogP contribution in [0.25, 0.3) is 0 Å². The summed E-state index contributed by atoms with van der Waals surface area (Å²) in [4.78, 5) is 17.2. The third kappa shape index (κ3) is 4.12. The van der Waals surface area contributed by atoms with Gasteiger partial charge in [-0.1, -0.05) is 12.1 Å². The van der Waals surface area contributed by atoms with Crippen LogP contribution >= 0.6 is 0 Å². The van der Waals surface area contributed by atoms with Crippen LogP contribution in [-0.2, 0) is 0 Å². The molecule has 1 saturated heterocycles. The molecule has 0 bridgehead atoms. The number of nitrogens with one attached hydrogen (secondary N) is 1. The molecule has 5 nitrogen and oxygen atoms in total. The second kappa shape index (κ2) is 7.57. The second-order valence-electron chi connectivity index (χ2n) is 6.71. The summed E-state index contributed by atoms with van der Waals surface area (Å²) in [5, 5.41) is 2.86. The van der Waals surface area contributed by atoms with Gasteiger partial charge in [0.2, 0.25) is 0 Å². The van der Waals surface area contributed by atoms with Crippen molar-refractivity contribution in [3.63, 3.8) is 0 Å². The first-order valence-electron chi connectivity index (χ1n) is 8.79. The van der Waals surface area contributed by atoms with E-state index in [1.807, 2.05) is 36.4 Å². The summed E-state index contributed by atoms with van der Waals surface area (Å²) in [5.41, 5.74) is 8.88. The van der Waals surface area contributed by atoms with Crippen molar-refractivity contribution >= 4 is 23.0 Å². The first-order chi connectivity index (χ1) is 12.0. The van der Waals surface area contributed by atoms with Crippen molar-refractivity contribution in [2.24, 2.45) is 0 Å². The summed E-state index contributed by atoms with van der Waals surface area (Å²) < 4.78 is 0. The molecule has 0 radical (unpaired) electrons. The van der Waals surface area contributed by atoms with Gasteiger partial charge < -0.3 is 16.0 Å². The lowest BCUT2D eigenvalue weighted by molar-refractivity contribution is 0.102. The van der Waals surface area contributed by atoms with Gasteiger partial charge in [-0.3, -0.25) is 9.69 Å². The van der Waals surface area contributed by atoms with E-state index in [1.165, 1.54) is 5.69 Å². The average Bonchev–Trinajstić information content (AvgIpc) is 2.64. The van der Waals surface area contributed by atoms with Gasteiger partial charge in [0, 0.05) is 43.5 Å². The molecule has 3 rings (SSSR count). The molecule has 25 heavy (non-hydrogen) atoms. The first kappa shape index (κ1) is 17.3. The molecular formula is C20H26N4O. The van der Waals surface area contributed by atoms with Crippen LogP contribution in [0.3, 0.4) is 0 Å². The van der Waals surface area contributed by atoms with Gasteiger partial charge in [0.1, 0.15) is 0 Å². The van der Waals surface area contributed by atoms with Gasteiger partial charge in [0.25, 0.3) is 5.91 Å². The first-order valence-corrected chi connectivity index (χ1v) is 8.79. The molecule has 3 N–H and O–H groups in total. The summed E-state index contributed by atoms with van der Waals surface area (Å²) in [5.74, 6) is -0.144. The maximum absolute atomic E-state index is 12.4. The van der Waals surface area contributed by atoms with E-state index >= 15 is 0 Å². The molecule has 1 heterocycles. The monoisotopic (exact) mass is 338 g/mol. The molecule has 2 aromatic carbocycles. The van der Waals surface area contributed by atoms with Crippen LogP contribution in [0.1, 0.15) is 24.2 Å². The molecule has 1 aliphatic rings. The zero-order chi connectivity index (χ0) is 17.8. The zero-order valence-corrected chi connectivity index (χ0v) is 14.9. The van der Waals surface area contributed by atoms with Gasteiger partial charge in [0.15, 0.2) is 0 Å². The maximum Gasteiger partial charge on any atom is 0.255 e. The number of nitrogens with zero attached hydrogens (tertiary/aromatic N) is 2. The standard InChI is InChI=1S/C20H26N4O/c1-15(2)23-11-13-24(14-12-23)17-9-7-16(8-10-17)20(25)22-19-6-4-3-5-18(19)21/h3-10,15H,11-14,21H2,1-2H3,(H,22,25). The van der Waals surface area contributed by atoms with E-state index in [9.17, 15) is 4.79 Å². The summed E-state index contributed by atoms with van der Waals surface area (Å²) in [6.07, 6.45) is 0. The number of piperazine rings is 1. The van der Waals surface area contributed by atoms with E-state index in [2.05, 4.69) is 29.0 Å². The fraction of sp³-hybridized carbons (Fsp3) is 0.350. The van der Waals surface area contributed by atoms with E-state index in [0.717, 1.165) is 26.2 Å². The third-order valence-electron chi connectivity index (χ3n) is 4.75. The van der Waals surface area contributed by atoms with Crippen molar-refractivity contribution in [2.45, 2.75) is 19.9 Å². The van der Waals surface area contributed by atoms with Gasteiger partial charge in [-0.2, -0.15) is 0 Å². The summed E-state index contributed by atoms with van der Waals surface area (Å²) in [6, 6.07) is 15.7. The molecule has 0 atom stereocenters. The highest BCUT2D eigenvalue weighted by Gasteiger charge is 2.19. The van der Waals surface area contributed by atoms with Crippen LogP contribution < -0.4 is 16.0 Å². The number of hydrogen-bond donors (Lipinski definition) is 2. The third-order valence-corrected chi connectivity index (χ3v) is 4.75. The summed E-state index contributed by atoms with van der Waals surface area (Å²) in [6.45, 7) is 8.67. The van der Waals surface area contributed by atoms with Gasteiger partial charge in [-0.15, -0.1) is 0 Å². The number of benzene rings is 2. The van der Waals surface area contributed by atoms with E-state index in [-0.39, 0.29) is 5.91 Å². The van der Waals surface area contributed by atoms with Crippen molar-refractivity contribution in [1.82, 2.24) is 4.90 Å². The van der Waals surface area contributed by atoms with Crippen molar-refractivity contribution < 1.29 is 4.79 Å². The average molecular weight is 338 g/mol. The fourth-order valence-corrected chi connectivity index (χ4v) is 3.13. The second-order valence-corrected chi connectivity index (χ2v) is 6.71. The van der Waals surface area contributed by atoms with E-state index in [4.69, 9.17) is 5.73 Å². The number of nitrogen functional groups attached to an aromatic ring is 1. The van der Waals surface area contributed by atoms with Crippen LogP contribution in [0.2, 0.25) is 0 Å². The van der Waals surface area contributed by atoms with Crippen LogP contribution in [0.5, 0.6) is 0 Å². The van der Waals surface area contributed by atoms with Crippen molar-refractivity contribution in [2.75, 3.05) is 42.1 Å². The van der Waals surface area contributed by atoms with Gasteiger partial charge in [-0.05, 0) is 50.2 Å². The Labute approximate surface area is 149 Å². The Balaban J connectivity index is 1.62. The maximum atomic E-state index is 12.4. The Morgan fingerprint density at radius 3 is 2.24 bits per heavy atom. The minimum absolute atomic E-state index is 0.144. The quantitative estimate of drug-likeness (QED) is 0.841. The molecule has 0 unspecified atom stereocenters. The SMILES string of the molecule is CC(C)N1CCN(c2ccc(C(=O)Nc3ccccc3N)cc2)CC1. The Hall–Kier alpha value is -2.53. The number of nitrogens with two attached hydrogens (primary N) is 1. The number of anilines is 3. The topological polar surface area (TPSA) is 61.6 Å². The zero-order valence-electron chi connectivity index (χ0n) is 14.9. The molecule has 1 aliphatic heterocycles. The highest BCUT2D eigenvalue weighted by Crippen LogP contribution is 2.20. The smallest absolute Gasteiger partial charge is 0.255 e. The largest absolute Gasteiger partial charge is 0.397 e. The van der Waals surface area contributed by atoms with Crippen molar-refractivity contribution in [3.05, 3.63) is 54.1 Å². The molecule has 0 aliphatic carbocycles. The lowest BCUT2D eigenvalue weighted by Gasteiger charge is -2.38. The summed E-state index contributed by atoms with van der Waals surface area (Å²) >= 11 is 0. The predicted molar refractivity (Wildman–Crippen MR) is 104 cm³/mol. The Kier molecular flexibility index (Phi) is 5.24. The minimum atomic E-state index is -0.144. The molecule has 132 valence electrons. The van der Waals surface area contributed by atoms with Crippen LogP contribution in [0.15, 0.2) is 48.5 Å². The van der Waals surface area contributed by atoms with Crippen LogP contribution in [0, 0.1) is 0 Å². The fourth-order valence-electron chi connectivity index (χ4n) is 3.13. The van der Waals surface area contributed by atoms with E-state index in [1.54, 1.807) is 12.1 Å². The van der Waals surface area contributed by atoms with E-state index < -0.39 is 0 Å². The Bertz CT molecular complexity index is 719. The molecule has 1 fully saturated rings. The molecular weight excluding hydrogens is 312 g/mol. The highest BCUT2D eigenvalue weighted by molar-refractivity contribution is 6.05. The molecule has 0 spiro atoms. The van der Waals surface area contributed by atoms with Crippen molar-refractivity contribution in [3.8, 4) is 0 Å².